The molecule has 33 heteroatoms. The van der Waals surface area contributed by atoms with E-state index < -0.39 is 0 Å². The Bertz CT molecular complexity index is 5150. The van der Waals surface area contributed by atoms with Crippen LogP contribution in [0.5, 0.6) is 0 Å². The van der Waals surface area contributed by atoms with Crippen LogP contribution in [0.1, 0.15) is 216 Å². The van der Waals surface area contributed by atoms with Crippen molar-refractivity contribution < 1.29 is 22.9 Å². The summed E-state index contributed by atoms with van der Waals surface area (Å²) in [7, 11) is 1.95. The zero-order valence-corrected chi connectivity index (χ0v) is 91.9. The van der Waals surface area contributed by atoms with Crippen LogP contribution in [-0.2, 0) is 63.1 Å². The van der Waals surface area contributed by atoms with Crippen molar-refractivity contribution in [2.24, 2.45) is 149 Å². The number of aryl methyl sites for hydroxylation is 1. The highest BCUT2D eigenvalue weighted by Crippen LogP contribution is 2.38. The number of carbonyl (C=O) groups excluding carboxylic acids is 1. The Hall–Kier alpha value is -11.3. The minimum absolute atomic E-state index is 0.0274. The van der Waals surface area contributed by atoms with E-state index in [1.54, 1.807) is 58.2 Å². The number of amides is 1. The van der Waals surface area contributed by atoms with Gasteiger partial charge in [0.1, 0.15) is 25.0 Å². The van der Waals surface area contributed by atoms with Gasteiger partial charge in [0.2, 0.25) is 0 Å². The van der Waals surface area contributed by atoms with Crippen molar-refractivity contribution in [2.45, 2.75) is 227 Å². The number of rotatable bonds is 25. The number of pyridine rings is 1. The van der Waals surface area contributed by atoms with Gasteiger partial charge in [-0.3, -0.25) is 58.6 Å². The van der Waals surface area contributed by atoms with Gasteiger partial charge in [0.05, 0.1) is 135 Å². The van der Waals surface area contributed by atoms with Crippen molar-refractivity contribution in [3.63, 3.8) is 0 Å². The van der Waals surface area contributed by atoms with Gasteiger partial charge in [0.25, 0.3) is 0 Å². The zero-order chi connectivity index (χ0) is 107. The molecule has 0 radical (unpaired) electrons. The van der Waals surface area contributed by atoms with Gasteiger partial charge in [-0.2, -0.15) is 57.2 Å². The molecule has 16 rings (SSSR count). The summed E-state index contributed by atoms with van der Waals surface area (Å²) in [6, 6.07) is 29.8. The van der Waals surface area contributed by atoms with Gasteiger partial charge in [0.15, 0.2) is 6.39 Å². The average Bonchev–Trinajstić information content (AvgIpc) is 1.78. The number of likely N-dealkylation sites (tertiary alicyclic amines) is 8. The third kappa shape index (κ3) is 38.7. The lowest BCUT2D eigenvalue weighted by Gasteiger charge is -2.38. The smallest absolute Gasteiger partial charge is 0.409 e. The molecule has 0 bridgehead atoms. The molecule has 1 amide bonds. The monoisotopic (exact) mass is 2030 g/mol. The Morgan fingerprint density at radius 1 is 0.449 bits per heavy atom. The van der Waals surface area contributed by atoms with Crippen LogP contribution < -0.4 is 0 Å². The van der Waals surface area contributed by atoms with E-state index in [2.05, 4.69) is 255 Å². The summed E-state index contributed by atoms with van der Waals surface area (Å²) >= 11 is 1.65. The van der Waals surface area contributed by atoms with Gasteiger partial charge < -0.3 is 18.6 Å². The predicted octanol–water partition coefficient (Wildman–Crippen LogP) is 19.4. The maximum atomic E-state index is 13.1. The first-order chi connectivity index (χ1) is 70.6. The normalized spacial score (nSPS) is 24.8. The molecule has 0 saturated carbocycles. The Balaban J connectivity index is 0.000000187. The van der Waals surface area contributed by atoms with Crippen molar-refractivity contribution in [1.29, 1.82) is 36.8 Å². The minimum Gasteiger partial charge on any atom is -0.451 e. The van der Waals surface area contributed by atoms with E-state index in [0.29, 0.717) is 114 Å². The van der Waals surface area contributed by atoms with Crippen LogP contribution in [0.3, 0.4) is 0 Å². The SMILES string of the molecule is C#CC1CCN(Cc2cccnn2)CC1C(C)C.CC(C)C1CN(C(=O)OCC(C)(C)n2cccn2)CCC1C#N.CC(C)C1CN(Cc2cc(F)ccn2)CCC1C#N.CC(C)C1CN(Cc2ccn(C)n2)CCC1C#N.CC(C)C1CN(Cc2ccon2)CCC1C#N.CC(C)C1CN(Cc2cnccn2)CCC1C#N.CC(C)C1CN(Cc2cocn2)CCC1C#N.CC(C)C1CN(Cc2cscn2)CCC1C#N. The quantitative estimate of drug-likeness (QED) is 0.0480. The van der Waals surface area contributed by atoms with E-state index in [-0.39, 0.29) is 71.4 Å². The number of ether oxygens (including phenoxy) is 1. The number of carbonyl (C=O) groups is 1. The Morgan fingerprint density at radius 2 is 0.857 bits per heavy atom. The summed E-state index contributed by atoms with van der Waals surface area (Å²) in [6.07, 6.45) is 31.8. The molecule has 0 aliphatic carbocycles. The van der Waals surface area contributed by atoms with Crippen LogP contribution in [0.4, 0.5) is 9.18 Å². The van der Waals surface area contributed by atoms with Gasteiger partial charge in [0, 0.05) is 179 Å². The fourth-order valence-corrected chi connectivity index (χ4v) is 22.3. The van der Waals surface area contributed by atoms with Crippen LogP contribution in [0.2, 0.25) is 0 Å². The minimum atomic E-state index is -0.387. The lowest BCUT2D eigenvalue weighted by molar-refractivity contribution is 0.0439. The molecule has 8 aromatic rings. The summed E-state index contributed by atoms with van der Waals surface area (Å²) in [4.78, 5) is 51.9. The number of hydrogen-bond donors (Lipinski definition) is 0. The maximum Gasteiger partial charge on any atom is 0.409 e. The molecule has 16 atom stereocenters. The molecule has 16 unspecified atom stereocenters. The van der Waals surface area contributed by atoms with Crippen molar-refractivity contribution in [3.8, 4) is 54.8 Å². The van der Waals surface area contributed by atoms with Crippen LogP contribution in [-0.4, -0.2) is 216 Å². The van der Waals surface area contributed by atoms with E-state index in [4.69, 9.17) is 30.6 Å². The lowest BCUT2D eigenvalue weighted by Crippen LogP contribution is -2.46. The Morgan fingerprint density at radius 3 is 1.22 bits per heavy atom. The molecular weight excluding hydrogens is 1860 g/mol. The van der Waals surface area contributed by atoms with Crippen LogP contribution in [0.25, 0.3) is 0 Å². The molecular formula is C114H166FN27O4S. The first kappa shape index (κ1) is 119. The molecule has 0 aromatic carbocycles. The van der Waals surface area contributed by atoms with Gasteiger partial charge in [-0.25, -0.2) is 19.2 Å². The number of nitrogens with zero attached hydrogens (tertiary/aromatic N) is 27. The number of terminal acetylenes is 1. The number of aromatic nitrogens is 12. The third-order valence-corrected chi connectivity index (χ3v) is 31.6. The summed E-state index contributed by atoms with van der Waals surface area (Å²) < 4.78 is 32.1. The summed E-state index contributed by atoms with van der Waals surface area (Å²) in [5.41, 5.74) is 8.54. The number of oxazole rings is 1. The van der Waals surface area contributed by atoms with E-state index in [0.717, 1.165) is 222 Å². The molecule has 31 nitrogen and oxygen atoms in total. The summed E-state index contributed by atoms with van der Waals surface area (Å²) in [5, 5.41) is 87.1. The highest BCUT2D eigenvalue weighted by atomic mass is 32.1. The predicted molar refractivity (Wildman–Crippen MR) is 568 cm³/mol. The second-order valence-corrected chi connectivity index (χ2v) is 45.4. The molecule has 0 spiro atoms. The van der Waals surface area contributed by atoms with E-state index in [1.807, 2.05) is 73.9 Å². The van der Waals surface area contributed by atoms with Gasteiger partial charge in [-0.05, 0) is 242 Å². The topological polar surface area (TPSA) is 384 Å². The number of halogens is 1. The fraction of sp³-hybridized carbons (Fsp3) is 0.667. The fourth-order valence-electron chi connectivity index (χ4n) is 21.7. The molecule has 8 aliphatic rings. The summed E-state index contributed by atoms with van der Waals surface area (Å²) in [6.45, 7) is 60.4. The van der Waals surface area contributed by atoms with Crippen molar-refractivity contribution >= 4 is 17.4 Å². The molecule has 8 saturated heterocycles. The number of piperidine rings is 8. The molecule has 8 aromatic heterocycles. The standard InChI is InChI=1S/C17H26N4O2.C15H20FN3.C15H21N3.C14H22N4.C14H20N4.2C13H19N3O.C13H19N3S/c1-13(2)15-11-20(9-6-14(15)10-18)16(22)23-12-17(3,4)21-8-5-7-19-21;1-11(2)15-10-19(6-4-12(15)8-17)9-14-7-13(16)3-5-18-14;1-4-13-7-9-18(11-15(13)12(2)3)10-14-6-5-8-16-17-14;1-11(2)14-10-18(7-4-12(14)8-15)9-13-5-6-17(3)16-13;1-11(2)14-10-18(6-3-12(14)7-15)9-13-8-16-4-5-17-13;1-10(2)13-9-16(5-3-11(13)7-14)8-12-4-6-17-15-12;2*1-10(2)13-7-16(4-3-11(13)5-14)6-12-8-17-9-15-12/h5,7-8,13-15H,6,9,11-12H2,1-4H3;3,5,7,11-12,15H,4,6,9-10H2,1-2H3;1,5-6,8,12-13,15H,7,9-11H2,2-3H3;5-6,11-12,14H,4,7,9-10H2,1-3H3;4-5,8,11-12,14H,3,6,9-10H2,1-2H3;4,6,10-11,13H,3,5,8-9H2,1-2H3;2*8-11,13H,3-4,6-7H2,1-2H3. The molecule has 8 aliphatic heterocycles. The van der Waals surface area contributed by atoms with E-state index >= 15 is 0 Å². The molecule has 794 valence electrons. The highest BCUT2D eigenvalue weighted by Gasteiger charge is 2.40. The zero-order valence-electron chi connectivity index (χ0n) is 91.1. The molecule has 16 heterocycles. The second kappa shape index (κ2) is 61.6. The van der Waals surface area contributed by atoms with Crippen LogP contribution in [0.15, 0.2) is 131 Å². The lowest BCUT2D eigenvalue weighted by atomic mass is 9.79. The largest absolute Gasteiger partial charge is 0.451 e. The van der Waals surface area contributed by atoms with Gasteiger partial charge in [-0.15, -0.1) is 23.7 Å². The van der Waals surface area contributed by atoms with Crippen molar-refractivity contribution in [2.75, 3.05) is 111 Å². The second-order valence-electron chi connectivity index (χ2n) is 44.7. The number of thiazole rings is 1. The molecule has 8 fully saturated rings. The van der Waals surface area contributed by atoms with Gasteiger partial charge in [-0.1, -0.05) is 116 Å². The first-order valence-corrected chi connectivity index (χ1v) is 54.5. The van der Waals surface area contributed by atoms with Crippen LogP contribution >= 0.6 is 11.3 Å². The first-order valence-electron chi connectivity index (χ1n) is 53.5. The molecule has 0 N–H and O–H groups in total. The Labute approximate surface area is 881 Å². The highest BCUT2D eigenvalue weighted by molar-refractivity contribution is 7.07. The van der Waals surface area contributed by atoms with E-state index in [9.17, 15) is 35.5 Å². The third-order valence-electron chi connectivity index (χ3n) is 31.0. The van der Waals surface area contributed by atoms with Crippen molar-refractivity contribution in [3.05, 3.63) is 168 Å². The maximum absolute atomic E-state index is 13.1. The van der Waals surface area contributed by atoms with Gasteiger partial charge >= 0.3 is 6.09 Å². The van der Waals surface area contributed by atoms with Crippen molar-refractivity contribution in [1.82, 2.24) is 99.0 Å². The summed E-state index contributed by atoms with van der Waals surface area (Å²) in [5.74, 6) is 12.4. The van der Waals surface area contributed by atoms with E-state index in [1.165, 1.54) is 24.7 Å². The number of hydrogen-bond acceptors (Lipinski definition) is 29. The van der Waals surface area contributed by atoms with Crippen LogP contribution in [0, 0.1) is 240 Å². The average molecular weight is 2030 g/mol. The Kier molecular flexibility index (Phi) is 50.0. The number of nitriles is 7. The molecule has 147 heavy (non-hydrogen) atoms.